The zero-order chi connectivity index (χ0) is 31.3. The van der Waals surface area contributed by atoms with Crippen LogP contribution in [0.4, 0.5) is 0 Å². The number of aliphatic hydroxyl groups is 2. The minimum Gasteiger partial charge on any atom is -0.488 e. The molecule has 2 aromatic carbocycles. The second kappa shape index (κ2) is 16.0. The molecular formula is C31H44Br4N4O4. The van der Waals surface area contributed by atoms with Crippen molar-refractivity contribution in [2.24, 2.45) is 0 Å². The summed E-state index contributed by atoms with van der Waals surface area (Å²) in [7, 11) is 4.25. The van der Waals surface area contributed by atoms with Crippen LogP contribution in [0.15, 0.2) is 42.2 Å². The molecule has 240 valence electrons. The zero-order valence-corrected chi connectivity index (χ0v) is 31.8. The summed E-state index contributed by atoms with van der Waals surface area (Å²) in [5.74, 6) is 1.36. The molecule has 2 atom stereocenters. The average Bonchev–Trinajstić information content (AvgIpc) is 2.94. The van der Waals surface area contributed by atoms with Gasteiger partial charge in [-0.1, -0.05) is 13.8 Å². The standard InChI is InChI=1S/C31H44Br4N4O4/c1-31(2,21-13-25(32)29(26(33)14-21)42-19-23(40)17-38-9-5-36(3)6-10-38)22-15-27(34)30(28(35)16-22)43-20-24(41)18-39-11-7-37(4)8-12-39/h13-16,23-24,40-41H,5-12,17-20H2,1-4H3/t23-,24-/m0/s1. The fourth-order valence-electron chi connectivity index (χ4n) is 5.41. The number of hydrogen-bond acceptors (Lipinski definition) is 8. The Labute approximate surface area is 290 Å². The molecule has 2 aliphatic heterocycles. The number of ether oxygens (including phenoxy) is 2. The van der Waals surface area contributed by atoms with Crippen molar-refractivity contribution in [3.8, 4) is 11.5 Å². The smallest absolute Gasteiger partial charge is 0.147 e. The third-order valence-corrected chi connectivity index (χ3v) is 10.8. The largest absolute Gasteiger partial charge is 0.488 e. The molecule has 0 radical (unpaired) electrons. The zero-order valence-electron chi connectivity index (χ0n) is 25.5. The van der Waals surface area contributed by atoms with Crippen LogP contribution in [0.5, 0.6) is 11.5 Å². The molecule has 2 heterocycles. The van der Waals surface area contributed by atoms with Gasteiger partial charge in [0.2, 0.25) is 0 Å². The highest BCUT2D eigenvalue weighted by Gasteiger charge is 2.28. The summed E-state index contributed by atoms with van der Waals surface area (Å²) in [6, 6.07) is 8.31. The van der Waals surface area contributed by atoms with Crippen LogP contribution in [-0.4, -0.2) is 135 Å². The number of likely N-dealkylation sites (N-methyl/N-ethyl adjacent to an activating group) is 2. The lowest BCUT2D eigenvalue weighted by Crippen LogP contribution is -2.47. The predicted octanol–water partition coefficient (Wildman–Crippen LogP) is 5.04. The van der Waals surface area contributed by atoms with Crippen molar-refractivity contribution in [2.45, 2.75) is 31.5 Å². The van der Waals surface area contributed by atoms with Crippen molar-refractivity contribution in [3.05, 3.63) is 53.3 Å². The third-order valence-electron chi connectivity index (χ3n) is 8.41. The van der Waals surface area contributed by atoms with E-state index in [-0.39, 0.29) is 18.6 Å². The highest BCUT2D eigenvalue weighted by molar-refractivity contribution is 9.11. The first kappa shape index (κ1) is 35.6. The molecule has 2 aliphatic rings. The Kier molecular flexibility index (Phi) is 13.2. The molecule has 43 heavy (non-hydrogen) atoms. The Balaban J connectivity index is 1.38. The Bertz CT molecular complexity index is 1080. The van der Waals surface area contributed by atoms with Crippen LogP contribution in [0.25, 0.3) is 0 Å². The van der Waals surface area contributed by atoms with Gasteiger partial charge in [0.1, 0.15) is 36.9 Å². The Morgan fingerprint density at radius 2 is 0.930 bits per heavy atom. The molecule has 0 aliphatic carbocycles. The Morgan fingerprint density at radius 1 is 0.628 bits per heavy atom. The first-order valence-corrected chi connectivity index (χ1v) is 17.9. The van der Waals surface area contributed by atoms with Crippen LogP contribution in [0, 0.1) is 0 Å². The van der Waals surface area contributed by atoms with Crippen molar-refractivity contribution in [1.82, 2.24) is 19.6 Å². The van der Waals surface area contributed by atoms with Crippen LogP contribution in [0.3, 0.4) is 0 Å². The van der Waals surface area contributed by atoms with E-state index < -0.39 is 12.2 Å². The van der Waals surface area contributed by atoms with Gasteiger partial charge >= 0.3 is 0 Å². The monoisotopic (exact) mass is 852 g/mol. The van der Waals surface area contributed by atoms with E-state index >= 15 is 0 Å². The number of aliphatic hydroxyl groups excluding tert-OH is 2. The molecule has 0 unspecified atom stereocenters. The molecular weight excluding hydrogens is 812 g/mol. The topological polar surface area (TPSA) is 71.9 Å². The van der Waals surface area contributed by atoms with Crippen molar-refractivity contribution in [2.75, 3.05) is 92.8 Å². The summed E-state index contributed by atoms with van der Waals surface area (Å²) >= 11 is 14.8. The minimum atomic E-state index is -0.568. The van der Waals surface area contributed by atoms with Gasteiger partial charge in [0.15, 0.2) is 0 Å². The van der Waals surface area contributed by atoms with E-state index in [1.807, 2.05) is 0 Å². The van der Waals surface area contributed by atoms with Gasteiger partial charge in [-0.05, 0) is 113 Å². The summed E-state index contributed by atoms with van der Waals surface area (Å²) < 4.78 is 15.5. The number of nitrogens with zero attached hydrogens (tertiary/aromatic N) is 4. The first-order valence-electron chi connectivity index (χ1n) is 14.8. The van der Waals surface area contributed by atoms with Crippen LogP contribution < -0.4 is 9.47 Å². The molecule has 2 aromatic rings. The van der Waals surface area contributed by atoms with Gasteiger partial charge < -0.3 is 29.5 Å². The molecule has 0 spiro atoms. The van der Waals surface area contributed by atoms with E-state index in [1.54, 1.807) is 0 Å². The number of hydrogen-bond donors (Lipinski definition) is 2. The molecule has 0 aromatic heterocycles. The highest BCUT2D eigenvalue weighted by Crippen LogP contribution is 2.44. The van der Waals surface area contributed by atoms with E-state index in [0.29, 0.717) is 24.6 Å². The fourth-order valence-corrected chi connectivity index (χ4v) is 8.24. The van der Waals surface area contributed by atoms with Crippen LogP contribution in [-0.2, 0) is 5.41 Å². The normalized spacial score (nSPS) is 19.4. The highest BCUT2D eigenvalue weighted by atomic mass is 79.9. The van der Waals surface area contributed by atoms with Crippen molar-refractivity contribution in [1.29, 1.82) is 0 Å². The maximum Gasteiger partial charge on any atom is 0.147 e. The first-order chi connectivity index (χ1) is 20.3. The van der Waals surface area contributed by atoms with E-state index in [4.69, 9.17) is 9.47 Å². The average molecular weight is 856 g/mol. The molecule has 8 nitrogen and oxygen atoms in total. The second-order valence-electron chi connectivity index (χ2n) is 12.3. The summed E-state index contributed by atoms with van der Waals surface area (Å²) in [5.41, 5.74) is 1.83. The Morgan fingerprint density at radius 3 is 1.23 bits per heavy atom. The molecule has 0 amide bonds. The number of piperazine rings is 2. The van der Waals surface area contributed by atoms with Crippen LogP contribution >= 0.6 is 63.7 Å². The lowest BCUT2D eigenvalue weighted by molar-refractivity contribution is 0.0500. The lowest BCUT2D eigenvalue weighted by atomic mass is 9.78. The quantitative estimate of drug-likeness (QED) is 0.309. The summed E-state index contributed by atoms with van der Waals surface area (Å²) in [6.07, 6.45) is -1.14. The summed E-state index contributed by atoms with van der Waals surface area (Å²) in [4.78, 5) is 9.18. The van der Waals surface area contributed by atoms with E-state index in [0.717, 1.165) is 81.4 Å². The van der Waals surface area contributed by atoms with Gasteiger partial charge in [-0.2, -0.15) is 0 Å². The number of β-amino-alcohol motifs (C(OH)–C–C–N with tert-alkyl or cyclic N) is 2. The molecule has 2 N–H and O–H groups in total. The SMILES string of the molecule is CN1CCN(C[C@H](O)COc2c(Br)cc(C(C)(C)c3cc(Br)c(OC[C@@H](O)CN4CCN(C)CC4)c(Br)c3)cc2Br)CC1. The molecule has 12 heteroatoms. The summed E-state index contributed by atoms with van der Waals surface area (Å²) in [6.45, 7) is 13.9. The van der Waals surface area contributed by atoms with Gasteiger partial charge in [0.05, 0.1) is 17.9 Å². The predicted molar refractivity (Wildman–Crippen MR) is 187 cm³/mol. The number of rotatable bonds is 12. The van der Waals surface area contributed by atoms with Crippen LogP contribution in [0.1, 0.15) is 25.0 Å². The summed E-state index contributed by atoms with van der Waals surface area (Å²) in [5, 5.41) is 21.2. The molecule has 0 bridgehead atoms. The maximum absolute atomic E-state index is 10.6. The van der Waals surface area contributed by atoms with E-state index in [9.17, 15) is 10.2 Å². The van der Waals surface area contributed by atoms with Gasteiger partial charge in [-0.25, -0.2) is 0 Å². The Hall–Kier alpha value is -0.280. The minimum absolute atomic E-state index is 0.220. The van der Waals surface area contributed by atoms with Crippen molar-refractivity contribution in [3.63, 3.8) is 0 Å². The van der Waals surface area contributed by atoms with Gasteiger partial charge in [-0.15, -0.1) is 0 Å². The third kappa shape index (κ3) is 9.86. The van der Waals surface area contributed by atoms with Gasteiger partial charge in [-0.3, -0.25) is 9.80 Å². The second-order valence-corrected chi connectivity index (χ2v) is 15.7. The lowest BCUT2D eigenvalue weighted by Gasteiger charge is -2.33. The van der Waals surface area contributed by atoms with Crippen molar-refractivity contribution < 1.29 is 19.7 Å². The van der Waals surface area contributed by atoms with Crippen LogP contribution in [0.2, 0.25) is 0 Å². The van der Waals surface area contributed by atoms with Gasteiger partial charge in [0.25, 0.3) is 0 Å². The molecule has 2 saturated heterocycles. The van der Waals surface area contributed by atoms with Gasteiger partial charge in [0, 0.05) is 70.9 Å². The molecule has 4 rings (SSSR count). The molecule has 0 saturated carbocycles. The number of halogens is 4. The number of benzene rings is 2. The molecule has 2 fully saturated rings. The van der Waals surface area contributed by atoms with E-state index in [1.165, 1.54) is 0 Å². The maximum atomic E-state index is 10.6. The van der Waals surface area contributed by atoms with Crippen molar-refractivity contribution >= 4 is 63.7 Å². The van der Waals surface area contributed by atoms with E-state index in [2.05, 4.69) is 136 Å². The fraction of sp³-hybridized carbons (Fsp3) is 0.613.